The van der Waals surface area contributed by atoms with Gasteiger partial charge in [0, 0.05) is 18.5 Å². The average Bonchev–Trinajstić information content (AvgIpc) is 2.80. The number of aromatic nitrogens is 2. The maximum absolute atomic E-state index is 13.5. The molecule has 4 rings (SSSR count). The summed E-state index contributed by atoms with van der Waals surface area (Å²) >= 11 is 0. The molecule has 31 heavy (non-hydrogen) atoms. The molecule has 6 nitrogen and oxygen atoms in total. The molecule has 2 fully saturated rings. The van der Waals surface area contributed by atoms with Gasteiger partial charge in [-0.15, -0.1) is 0 Å². The summed E-state index contributed by atoms with van der Waals surface area (Å²) in [5, 5.41) is 9.51. The summed E-state index contributed by atoms with van der Waals surface area (Å²) in [5.41, 5.74) is 0.456. The van der Waals surface area contributed by atoms with Crippen molar-refractivity contribution in [3.05, 3.63) is 40.3 Å². The highest BCUT2D eigenvalue weighted by Gasteiger charge is 2.37. The van der Waals surface area contributed by atoms with E-state index in [4.69, 9.17) is 0 Å². The SMILES string of the molecule is CCn1nc(C(C)C(=O)NC2(CN3CCCCC3)CCCCC2)c2ccccc2c1=O. The number of nitrogens with zero attached hydrogens (tertiary/aromatic N) is 3. The van der Waals surface area contributed by atoms with Crippen LogP contribution in [0, 0.1) is 0 Å². The molecule has 0 bridgehead atoms. The number of benzene rings is 1. The van der Waals surface area contributed by atoms with Crippen LogP contribution < -0.4 is 10.9 Å². The van der Waals surface area contributed by atoms with Crippen molar-refractivity contribution in [3.63, 3.8) is 0 Å². The van der Waals surface area contributed by atoms with E-state index in [2.05, 4.69) is 15.3 Å². The van der Waals surface area contributed by atoms with E-state index in [9.17, 15) is 9.59 Å². The van der Waals surface area contributed by atoms with Crippen LogP contribution in [0.25, 0.3) is 10.8 Å². The molecule has 168 valence electrons. The lowest BCUT2D eigenvalue weighted by molar-refractivity contribution is -0.125. The summed E-state index contributed by atoms with van der Waals surface area (Å²) in [5.74, 6) is -0.388. The summed E-state index contributed by atoms with van der Waals surface area (Å²) < 4.78 is 1.48. The van der Waals surface area contributed by atoms with Gasteiger partial charge in [-0.2, -0.15) is 5.10 Å². The van der Waals surface area contributed by atoms with Crippen molar-refractivity contribution >= 4 is 16.7 Å². The summed E-state index contributed by atoms with van der Waals surface area (Å²) in [6.45, 7) is 7.55. The number of piperidine rings is 1. The van der Waals surface area contributed by atoms with Gasteiger partial charge in [0.1, 0.15) is 0 Å². The normalized spacial score (nSPS) is 20.5. The van der Waals surface area contributed by atoms with E-state index < -0.39 is 5.92 Å². The Morgan fingerprint density at radius 1 is 1.06 bits per heavy atom. The molecule has 2 aliphatic rings. The van der Waals surface area contributed by atoms with Crippen LogP contribution in [0.2, 0.25) is 0 Å². The lowest BCUT2D eigenvalue weighted by atomic mass is 9.80. The lowest BCUT2D eigenvalue weighted by Crippen LogP contribution is -2.58. The predicted molar refractivity (Wildman–Crippen MR) is 124 cm³/mol. The maximum Gasteiger partial charge on any atom is 0.274 e. The third kappa shape index (κ3) is 4.69. The molecular weight excluding hydrogens is 388 g/mol. The van der Waals surface area contributed by atoms with Crippen LogP contribution in [0.4, 0.5) is 0 Å². The Balaban J connectivity index is 1.61. The first-order chi connectivity index (χ1) is 15.0. The van der Waals surface area contributed by atoms with Gasteiger partial charge in [0.25, 0.3) is 5.56 Å². The van der Waals surface area contributed by atoms with E-state index in [-0.39, 0.29) is 17.0 Å². The van der Waals surface area contributed by atoms with E-state index in [0.29, 0.717) is 17.6 Å². The molecule has 1 saturated heterocycles. The highest BCUT2D eigenvalue weighted by molar-refractivity contribution is 5.91. The molecular formula is C25H36N4O2. The Kier molecular flexibility index (Phi) is 6.75. The molecule has 2 heterocycles. The van der Waals surface area contributed by atoms with E-state index >= 15 is 0 Å². The summed E-state index contributed by atoms with van der Waals surface area (Å²) in [4.78, 5) is 28.8. The topological polar surface area (TPSA) is 67.2 Å². The predicted octanol–water partition coefficient (Wildman–Crippen LogP) is 3.82. The minimum atomic E-state index is -0.413. The second-order valence-corrected chi connectivity index (χ2v) is 9.44. The zero-order chi connectivity index (χ0) is 21.8. The smallest absolute Gasteiger partial charge is 0.274 e. The third-order valence-corrected chi connectivity index (χ3v) is 7.17. The molecule has 1 amide bonds. The molecule has 1 atom stereocenters. The highest BCUT2D eigenvalue weighted by Crippen LogP contribution is 2.31. The first-order valence-corrected chi connectivity index (χ1v) is 12.1. The molecule has 1 N–H and O–H groups in total. The number of hydrogen-bond donors (Lipinski definition) is 1. The Bertz CT molecular complexity index is 971. The minimum Gasteiger partial charge on any atom is -0.349 e. The number of likely N-dealkylation sites (tertiary alicyclic amines) is 1. The second-order valence-electron chi connectivity index (χ2n) is 9.44. The molecule has 1 aromatic carbocycles. The monoisotopic (exact) mass is 424 g/mol. The third-order valence-electron chi connectivity index (χ3n) is 7.17. The van der Waals surface area contributed by atoms with Crippen LogP contribution in [0.5, 0.6) is 0 Å². The molecule has 1 aliphatic carbocycles. The van der Waals surface area contributed by atoms with Gasteiger partial charge < -0.3 is 10.2 Å². The average molecular weight is 425 g/mol. The maximum atomic E-state index is 13.5. The van der Waals surface area contributed by atoms with Crippen LogP contribution in [0.3, 0.4) is 0 Å². The minimum absolute atomic E-state index is 0.0258. The van der Waals surface area contributed by atoms with Crippen LogP contribution in [-0.4, -0.2) is 45.8 Å². The van der Waals surface area contributed by atoms with Crippen LogP contribution >= 0.6 is 0 Å². The van der Waals surface area contributed by atoms with Crippen molar-refractivity contribution in [1.29, 1.82) is 0 Å². The van der Waals surface area contributed by atoms with Crippen molar-refractivity contribution in [3.8, 4) is 0 Å². The Labute approximate surface area is 185 Å². The Morgan fingerprint density at radius 3 is 2.39 bits per heavy atom. The molecule has 2 aromatic rings. The summed E-state index contributed by atoms with van der Waals surface area (Å²) in [6, 6.07) is 7.52. The largest absolute Gasteiger partial charge is 0.349 e. The second kappa shape index (κ2) is 9.51. The fourth-order valence-corrected chi connectivity index (χ4v) is 5.39. The molecule has 6 heteroatoms. The van der Waals surface area contributed by atoms with Gasteiger partial charge in [-0.25, -0.2) is 4.68 Å². The first-order valence-electron chi connectivity index (χ1n) is 12.1. The van der Waals surface area contributed by atoms with E-state index in [1.807, 2.05) is 38.1 Å². The molecule has 1 aliphatic heterocycles. The number of nitrogens with one attached hydrogen (secondary N) is 1. The fourth-order valence-electron chi connectivity index (χ4n) is 5.39. The Morgan fingerprint density at radius 2 is 1.71 bits per heavy atom. The number of hydrogen-bond acceptors (Lipinski definition) is 4. The van der Waals surface area contributed by atoms with E-state index in [1.165, 1.54) is 43.2 Å². The molecule has 1 aromatic heterocycles. The molecule has 0 radical (unpaired) electrons. The van der Waals surface area contributed by atoms with Gasteiger partial charge in [0.2, 0.25) is 5.91 Å². The van der Waals surface area contributed by atoms with Crippen molar-refractivity contribution < 1.29 is 4.79 Å². The van der Waals surface area contributed by atoms with Gasteiger partial charge in [-0.05, 0) is 58.7 Å². The van der Waals surface area contributed by atoms with Gasteiger partial charge in [0.05, 0.1) is 22.5 Å². The number of amides is 1. The van der Waals surface area contributed by atoms with Crippen LogP contribution in [0.1, 0.15) is 76.8 Å². The zero-order valence-corrected chi connectivity index (χ0v) is 19.0. The number of aryl methyl sites for hydroxylation is 1. The van der Waals surface area contributed by atoms with Gasteiger partial charge in [-0.3, -0.25) is 9.59 Å². The summed E-state index contributed by atoms with van der Waals surface area (Å²) in [6.07, 6.45) is 9.52. The van der Waals surface area contributed by atoms with Crippen molar-refractivity contribution in [2.24, 2.45) is 0 Å². The van der Waals surface area contributed by atoms with E-state index in [1.54, 1.807) is 0 Å². The first kappa shape index (κ1) is 22.0. The zero-order valence-electron chi connectivity index (χ0n) is 19.0. The quantitative estimate of drug-likeness (QED) is 0.765. The number of rotatable bonds is 6. The molecule has 1 unspecified atom stereocenters. The number of fused-ring (bicyclic) bond motifs is 1. The molecule has 1 saturated carbocycles. The molecule has 0 spiro atoms. The number of carbonyl (C=O) groups is 1. The van der Waals surface area contributed by atoms with E-state index in [0.717, 1.165) is 37.9 Å². The van der Waals surface area contributed by atoms with Crippen molar-refractivity contribution in [1.82, 2.24) is 20.0 Å². The number of carbonyl (C=O) groups excluding carboxylic acids is 1. The summed E-state index contributed by atoms with van der Waals surface area (Å²) in [7, 11) is 0. The van der Waals surface area contributed by atoms with Gasteiger partial charge in [-0.1, -0.05) is 43.9 Å². The van der Waals surface area contributed by atoms with Crippen LogP contribution in [-0.2, 0) is 11.3 Å². The van der Waals surface area contributed by atoms with Crippen molar-refractivity contribution in [2.45, 2.75) is 83.2 Å². The highest BCUT2D eigenvalue weighted by atomic mass is 16.2. The van der Waals surface area contributed by atoms with Gasteiger partial charge >= 0.3 is 0 Å². The Hall–Kier alpha value is -2.21. The van der Waals surface area contributed by atoms with Crippen molar-refractivity contribution in [2.75, 3.05) is 19.6 Å². The van der Waals surface area contributed by atoms with Crippen LogP contribution in [0.15, 0.2) is 29.1 Å². The standard InChI is InChI=1S/C25H36N4O2/c1-3-29-24(31)21-13-7-6-12-20(21)22(27-29)19(2)23(30)26-25(14-8-4-9-15-25)18-28-16-10-5-11-17-28/h6-7,12-13,19H,3-5,8-11,14-18H2,1-2H3,(H,26,30). The fraction of sp³-hybridized carbons (Fsp3) is 0.640. The van der Waals surface area contributed by atoms with Gasteiger partial charge in [0.15, 0.2) is 0 Å². The lowest BCUT2D eigenvalue weighted by Gasteiger charge is -2.43.